The van der Waals surface area contributed by atoms with Crippen molar-refractivity contribution < 1.29 is 4.74 Å². The topological polar surface area (TPSA) is 39.4 Å². The van der Waals surface area contributed by atoms with Gasteiger partial charge >= 0.3 is 0 Å². The number of fused-ring (bicyclic) bond motifs is 1. The highest BCUT2D eigenvalue weighted by molar-refractivity contribution is 7.16. The molecule has 0 unspecified atom stereocenters. The summed E-state index contributed by atoms with van der Waals surface area (Å²) in [6, 6.07) is 19.9. The highest BCUT2D eigenvalue weighted by atomic mass is 32.1. The van der Waals surface area contributed by atoms with E-state index in [0.717, 1.165) is 27.0 Å². The lowest BCUT2D eigenvalue weighted by Gasteiger charge is -2.01. The standard InChI is InChI=1S/C17H13N3OS/c1-3-7-13(8-4-1)15-11-20-17(18-15)22-16(19-20)12-21-14-9-5-2-6-10-14/h1-11H,12H2. The van der Waals surface area contributed by atoms with Crippen LogP contribution in [0.3, 0.4) is 0 Å². The van der Waals surface area contributed by atoms with E-state index in [2.05, 4.69) is 10.1 Å². The number of aromatic nitrogens is 3. The molecule has 0 aliphatic carbocycles. The predicted octanol–water partition coefficient (Wildman–Crippen LogP) is 4.04. The number of rotatable bonds is 4. The van der Waals surface area contributed by atoms with Gasteiger partial charge in [0.25, 0.3) is 0 Å². The molecule has 4 nitrogen and oxygen atoms in total. The molecule has 0 amide bonds. The molecule has 22 heavy (non-hydrogen) atoms. The van der Waals surface area contributed by atoms with Crippen LogP contribution in [0.1, 0.15) is 5.01 Å². The van der Waals surface area contributed by atoms with Crippen LogP contribution < -0.4 is 4.74 Å². The molecule has 0 saturated heterocycles. The molecule has 0 atom stereocenters. The van der Waals surface area contributed by atoms with E-state index in [1.54, 1.807) is 11.3 Å². The van der Waals surface area contributed by atoms with Crippen LogP contribution in [-0.2, 0) is 6.61 Å². The van der Waals surface area contributed by atoms with Gasteiger partial charge in [0, 0.05) is 5.56 Å². The predicted molar refractivity (Wildman–Crippen MR) is 87.1 cm³/mol. The van der Waals surface area contributed by atoms with Crippen molar-refractivity contribution in [2.24, 2.45) is 0 Å². The normalized spacial score (nSPS) is 10.9. The largest absolute Gasteiger partial charge is 0.486 e. The van der Waals surface area contributed by atoms with Crippen molar-refractivity contribution >= 4 is 16.3 Å². The lowest BCUT2D eigenvalue weighted by Crippen LogP contribution is -1.95. The van der Waals surface area contributed by atoms with Crippen LogP contribution in [-0.4, -0.2) is 14.6 Å². The minimum Gasteiger partial charge on any atom is -0.486 e. The third-order valence-corrected chi connectivity index (χ3v) is 4.16. The quantitative estimate of drug-likeness (QED) is 0.571. The summed E-state index contributed by atoms with van der Waals surface area (Å²) in [5.41, 5.74) is 2.04. The average molecular weight is 307 g/mol. The molecule has 2 aromatic heterocycles. The van der Waals surface area contributed by atoms with Crippen LogP contribution in [0.4, 0.5) is 0 Å². The van der Waals surface area contributed by atoms with E-state index in [-0.39, 0.29) is 0 Å². The maximum Gasteiger partial charge on any atom is 0.212 e. The lowest BCUT2D eigenvalue weighted by atomic mass is 10.2. The zero-order valence-corrected chi connectivity index (χ0v) is 12.5. The third kappa shape index (κ3) is 2.58. The van der Waals surface area contributed by atoms with Gasteiger partial charge in [0.05, 0.1) is 11.9 Å². The van der Waals surface area contributed by atoms with Gasteiger partial charge in [-0.2, -0.15) is 5.10 Å². The number of benzene rings is 2. The summed E-state index contributed by atoms with van der Waals surface area (Å²) < 4.78 is 7.53. The Kier molecular flexibility index (Phi) is 3.33. The van der Waals surface area contributed by atoms with Gasteiger partial charge < -0.3 is 4.74 Å². The van der Waals surface area contributed by atoms with Crippen molar-refractivity contribution in [3.8, 4) is 17.0 Å². The number of ether oxygens (including phenoxy) is 1. The smallest absolute Gasteiger partial charge is 0.212 e. The van der Waals surface area contributed by atoms with Crippen molar-refractivity contribution in [2.75, 3.05) is 0 Å². The molecule has 0 saturated carbocycles. The summed E-state index contributed by atoms with van der Waals surface area (Å²) in [6.07, 6.45) is 1.95. The maximum absolute atomic E-state index is 5.71. The molecule has 0 aliphatic rings. The first kappa shape index (κ1) is 13.0. The summed E-state index contributed by atoms with van der Waals surface area (Å²) in [4.78, 5) is 5.50. The molecule has 2 aromatic carbocycles. The molecule has 0 aliphatic heterocycles. The van der Waals surface area contributed by atoms with E-state index >= 15 is 0 Å². The molecule has 4 rings (SSSR count). The van der Waals surface area contributed by atoms with Crippen molar-refractivity contribution in [1.82, 2.24) is 14.6 Å². The molecular weight excluding hydrogens is 294 g/mol. The highest BCUT2D eigenvalue weighted by Crippen LogP contribution is 2.22. The highest BCUT2D eigenvalue weighted by Gasteiger charge is 2.09. The fourth-order valence-corrected chi connectivity index (χ4v) is 3.00. The van der Waals surface area contributed by atoms with Crippen LogP contribution >= 0.6 is 11.3 Å². The Morgan fingerprint density at radius 1 is 0.955 bits per heavy atom. The van der Waals surface area contributed by atoms with Crippen LogP contribution in [0.2, 0.25) is 0 Å². The maximum atomic E-state index is 5.71. The van der Waals surface area contributed by atoms with Gasteiger partial charge in [0.1, 0.15) is 12.4 Å². The van der Waals surface area contributed by atoms with Gasteiger partial charge in [-0.1, -0.05) is 59.9 Å². The van der Waals surface area contributed by atoms with Crippen LogP contribution in [0, 0.1) is 0 Å². The minimum atomic E-state index is 0.457. The number of hydrogen-bond donors (Lipinski definition) is 0. The van der Waals surface area contributed by atoms with Gasteiger partial charge in [0.15, 0.2) is 5.01 Å². The fraction of sp³-hybridized carbons (Fsp3) is 0.0588. The first-order chi connectivity index (χ1) is 10.9. The Morgan fingerprint density at radius 2 is 1.68 bits per heavy atom. The zero-order valence-electron chi connectivity index (χ0n) is 11.7. The average Bonchev–Trinajstić information content (AvgIpc) is 3.13. The van der Waals surface area contributed by atoms with E-state index in [4.69, 9.17) is 4.74 Å². The Morgan fingerprint density at radius 3 is 2.41 bits per heavy atom. The fourth-order valence-electron chi connectivity index (χ4n) is 2.21. The van der Waals surface area contributed by atoms with Crippen molar-refractivity contribution in [3.63, 3.8) is 0 Å². The second-order valence-corrected chi connectivity index (χ2v) is 5.86. The molecular formula is C17H13N3OS. The first-order valence-corrected chi connectivity index (χ1v) is 7.78. The van der Waals surface area contributed by atoms with E-state index in [1.165, 1.54) is 0 Å². The third-order valence-electron chi connectivity index (χ3n) is 3.26. The number of nitrogens with zero attached hydrogens (tertiary/aromatic N) is 3. The Bertz CT molecular complexity index is 853. The first-order valence-electron chi connectivity index (χ1n) is 6.97. The van der Waals surface area contributed by atoms with Crippen molar-refractivity contribution in [2.45, 2.75) is 6.61 Å². The van der Waals surface area contributed by atoms with Gasteiger partial charge in [-0.05, 0) is 12.1 Å². The monoisotopic (exact) mass is 307 g/mol. The minimum absolute atomic E-state index is 0.457. The molecule has 0 N–H and O–H groups in total. The number of para-hydroxylation sites is 1. The Labute approximate surface area is 131 Å². The van der Waals surface area contributed by atoms with E-state index in [1.807, 2.05) is 71.4 Å². The van der Waals surface area contributed by atoms with E-state index < -0.39 is 0 Å². The second-order valence-electron chi connectivity index (χ2n) is 4.82. The summed E-state index contributed by atoms with van der Waals surface area (Å²) in [6.45, 7) is 0.457. The Balaban J connectivity index is 1.54. The van der Waals surface area contributed by atoms with Gasteiger partial charge in [0.2, 0.25) is 4.96 Å². The van der Waals surface area contributed by atoms with Crippen LogP contribution in [0.25, 0.3) is 16.2 Å². The molecule has 4 aromatic rings. The molecule has 0 fully saturated rings. The molecule has 5 heteroatoms. The van der Waals surface area contributed by atoms with E-state index in [9.17, 15) is 0 Å². The summed E-state index contributed by atoms with van der Waals surface area (Å²) in [5.74, 6) is 0.848. The van der Waals surface area contributed by atoms with Crippen molar-refractivity contribution in [3.05, 3.63) is 71.9 Å². The molecule has 0 spiro atoms. The summed E-state index contributed by atoms with van der Waals surface area (Å²) in [5, 5.41) is 5.43. The van der Waals surface area contributed by atoms with Gasteiger partial charge in [-0.15, -0.1) is 0 Å². The Hall–Kier alpha value is -2.66. The molecule has 108 valence electrons. The number of imidazole rings is 1. The molecule has 2 heterocycles. The summed E-state index contributed by atoms with van der Waals surface area (Å²) in [7, 11) is 0. The molecule has 0 radical (unpaired) electrons. The van der Waals surface area contributed by atoms with Crippen molar-refractivity contribution in [1.29, 1.82) is 0 Å². The molecule has 0 bridgehead atoms. The zero-order chi connectivity index (χ0) is 14.8. The van der Waals surface area contributed by atoms with Gasteiger partial charge in [-0.3, -0.25) is 0 Å². The summed E-state index contributed by atoms with van der Waals surface area (Å²) >= 11 is 1.55. The van der Waals surface area contributed by atoms with Crippen LogP contribution in [0.5, 0.6) is 5.75 Å². The van der Waals surface area contributed by atoms with E-state index in [0.29, 0.717) is 6.61 Å². The second kappa shape index (κ2) is 5.61. The SMILES string of the molecule is c1ccc(OCc2nn3cc(-c4ccccc4)nc3s2)cc1. The lowest BCUT2D eigenvalue weighted by molar-refractivity contribution is 0.304. The van der Waals surface area contributed by atoms with Gasteiger partial charge in [-0.25, -0.2) is 9.50 Å². The van der Waals surface area contributed by atoms with Crippen LogP contribution in [0.15, 0.2) is 66.9 Å². The number of hydrogen-bond acceptors (Lipinski definition) is 4.